The van der Waals surface area contributed by atoms with Crippen LogP contribution >= 0.6 is 0 Å². The molecule has 0 saturated carbocycles. The Balaban J connectivity index is 1.99. The molecule has 0 bridgehead atoms. The molecule has 0 radical (unpaired) electrons. The van der Waals surface area contributed by atoms with Crippen LogP contribution in [0.1, 0.15) is 36.4 Å². The third-order valence-corrected chi connectivity index (χ3v) is 2.87. The summed E-state index contributed by atoms with van der Waals surface area (Å²) in [4.78, 5) is 0. The summed E-state index contributed by atoms with van der Waals surface area (Å²) in [6, 6.07) is 9.29. The van der Waals surface area contributed by atoms with E-state index in [1.54, 1.807) is 0 Å². The van der Waals surface area contributed by atoms with Crippen LogP contribution in [0.25, 0.3) is 0 Å². The molecule has 1 N–H and O–H groups in total. The van der Waals surface area contributed by atoms with E-state index in [9.17, 15) is 0 Å². The van der Waals surface area contributed by atoms with Crippen LogP contribution in [0.4, 0.5) is 0 Å². The monoisotopic (exact) mass is 187 g/mol. The number of hydrogen-bond acceptors (Lipinski definition) is 1. The molecule has 1 heterocycles. The van der Waals surface area contributed by atoms with Gasteiger partial charge in [0.25, 0.3) is 0 Å². The van der Waals surface area contributed by atoms with Crippen LogP contribution in [0.2, 0.25) is 0 Å². The first-order chi connectivity index (χ1) is 6.92. The molecule has 14 heavy (non-hydrogen) atoms. The van der Waals surface area contributed by atoms with Gasteiger partial charge in [-0.3, -0.25) is 0 Å². The first-order valence-corrected chi connectivity index (χ1v) is 5.34. The van der Waals surface area contributed by atoms with Gasteiger partial charge < -0.3 is 5.32 Å². The fraction of sp³-hybridized carbons (Fsp3) is 0.385. The topological polar surface area (TPSA) is 12.0 Å². The Morgan fingerprint density at radius 3 is 3.14 bits per heavy atom. The smallest absolute Gasteiger partial charge is 0.0326 e. The number of allylic oxidation sites excluding steroid dienone is 1. The molecule has 0 spiro atoms. The van der Waals surface area contributed by atoms with Crippen molar-refractivity contribution >= 4 is 0 Å². The first-order valence-electron chi connectivity index (χ1n) is 5.34. The maximum Gasteiger partial charge on any atom is 0.0326 e. The normalized spacial score (nSPS) is 19.3. The molecule has 0 fully saturated rings. The van der Waals surface area contributed by atoms with Gasteiger partial charge in [0.2, 0.25) is 0 Å². The SMILES string of the molecule is C=CCCCC1NCc2ccccc21. The van der Waals surface area contributed by atoms with Crippen molar-refractivity contribution in [1.82, 2.24) is 5.32 Å². The molecule has 2 rings (SSSR count). The first kappa shape index (κ1) is 9.47. The fourth-order valence-electron chi connectivity index (χ4n) is 2.10. The summed E-state index contributed by atoms with van der Waals surface area (Å²) in [5, 5.41) is 3.55. The number of fused-ring (bicyclic) bond motifs is 1. The van der Waals surface area contributed by atoms with Crippen molar-refractivity contribution in [1.29, 1.82) is 0 Å². The van der Waals surface area contributed by atoms with Gasteiger partial charge in [0.1, 0.15) is 0 Å². The number of hydrogen-bond donors (Lipinski definition) is 1. The largest absolute Gasteiger partial charge is 0.306 e. The summed E-state index contributed by atoms with van der Waals surface area (Å²) in [5.41, 5.74) is 2.97. The lowest BCUT2D eigenvalue weighted by Crippen LogP contribution is -2.11. The third-order valence-electron chi connectivity index (χ3n) is 2.87. The van der Waals surface area contributed by atoms with E-state index in [2.05, 4.69) is 36.2 Å². The average molecular weight is 187 g/mol. The second-order valence-electron chi connectivity index (χ2n) is 3.85. The quantitative estimate of drug-likeness (QED) is 0.564. The molecule has 0 aliphatic carbocycles. The highest BCUT2D eigenvalue weighted by molar-refractivity contribution is 5.33. The highest BCUT2D eigenvalue weighted by Crippen LogP contribution is 2.28. The zero-order chi connectivity index (χ0) is 9.80. The predicted octanol–water partition coefficient (Wildman–Crippen LogP) is 3.19. The molecule has 0 amide bonds. The summed E-state index contributed by atoms with van der Waals surface area (Å²) in [5.74, 6) is 0. The average Bonchev–Trinajstić information content (AvgIpc) is 2.63. The van der Waals surface area contributed by atoms with Gasteiger partial charge in [-0.05, 0) is 30.4 Å². The van der Waals surface area contributed by atoms with Crippen molar-refractivity contribution in [2.75, 3.05) is 0 Å². The molecular formula is C13H17N. The van der Waals surface area contributed by atoms with E-state index in [1.807, 2.05) is 6.08 Å². The zero-order valence-electron chi connectivity index (χ0n) is 8.50. The Kier molecular flexibility index (Phi) is 3.00. The number of benzene rings is 1. The molecule has 1 aliphatic heterocycles. The number of unbranched alkanes of at least 4 members (excludes halogenated alkanes) is 1. The molecule has 0 aromatic heterocycles. The van der Waals surface area contributed by atoms with Crippen molar-refractivity contribution in [3.63, 3.8) is 0 Å². The summed E-state index contributed by atoms with van der Waals surface area (Å²) in [6.45, 7) is 4.79. The van der Waals surface area contributed by atoms with Crippen LogP contribution in [0.15, 0.2) is 36.9 Å². The lowest BCUT2D eigenvalue weighted by molar-refractivity contribution is 0.525. The second-order valence-corrected chi connectivity index (χ2v) is 3.85. The Hall–Kier alpha value is -1.08. The molecular weight excluding hydrogens is 170 g/mol. The van der Waals surface area contributed by atoms with Crippen LogP contribution in [0.3, 0.4) is 0 Å². The molecule has 74 valence electrons. The van der Waals surface area contributed by atoms with Gasteiger partial charge in [0.15, 0.2) is 0 Å². The highest BCUT2D eigenvalue weighted by Gasteiger charge is 2.19. The second kappa shape index (κ2) is 4.43. The van der Waals surface area contributed by atoms with Gasteiger partial charge in [-0.2, -0.15) is 0 Å². The van der Waals surface area contributed by atoms with Crippen molar-refractivity contribution < 1.29 is 0 Å². The predicted molar refractivity (Wildman–Crippen MR) is 60.1 cm³/mol. The molecule has 1 aromatic rings. The highest BCUT2D eigenvalue weighted by atomic mass is 14.9. The van der Waals surface area contributed by atoms with Gasteiger partial charge in [0, 0.05) is 12.6 Å². The van der Waals surface area contributed by atoms with E-state index in [-0.39, 0.29) is 0 Å². The lowest BCUT2D eigenvalue weighted by Gasteiger charge is -2.10. The van der Waals surface area contributed by atoms with E-state index >= 15 is 0 Å². The van der Waals surface area contributed by atoms with Gasteiger partial charge in [-0.25, -0.2) is 0 Å². The minimum atomic E-state index is 0.575. The van der Waals surface area contributed by atoms with Crippen molar-refractivity contribution in [3.8, 4) is 0 Å². The standard InChI is InChI=1S/C13H17N/c1-2-3-4-9-13-12-8-6-5-7-11(12)10-14-13/h2,5-8,13-14H,1,3-4,9-10H2. The summed E-state index contributed by atoms with van der Waals surface area (Å²) >= 11 is 0. The molecule has 1 atom stereocenters. The Morgan fingerprint density at radius 1 is 1.43 bits per heavy atom. The van der Waals surface area contributed by atoms with Crippen molar-refractivity contribution in [2.45, 2.75) is 31.8 Å². The van der Waals surface area contributed by atoms with Crippen LogP contribution in [-0.2, 0) is 6.54 Å². The molecule has 1 unspecified atom stereocenters. The van der Waals surface area contributed by atoms with E-state index < -0.39 is 0 Å². The van der Waals surface area contributed by atoms with Crippen LogP contribution in [-0.4, -0.2) is 0 Å². The van der Waals surface area contributed by atoms with Gasteiger partial charge in [0.05, 0.1) is 0 Å². The Bertz CT molecular complexity index is 317. The van der Waals surface area contributed by atoms with Gasteiger partial charge in [-0.1, -0.05) is 30.3 Å². The van der Waals surface area contributed by atoms with Crippen LogP contribution in [0, 0.1) is 0 Å². The van der Waals surface area contributed by atoms with Crippen molar-refractivity contribution in [3.05, 3.63) is 48.0 Å². The number of rotatable bonds is 4. The maximum absolute atomic E-state index is 3.75. The molecule has 1 nitrogen and oxygen atoms in total. The van der Waals surface area contributed by atoms with Crippen molar-refractivity contribution in [2.24, 2.45) is 0 Å². The van der Waals surface area contributed by atoms with Crippen LogP contribution in [0.5, 0.6) is 0 Å². The minimum absolute atomic E-state index is 0.575. The number of nitrogens with one attached hydrogen (secondary N) is 1. The fourth-order valence-corrected chi connectivity index (χ4v) is 2.10. The molecule has 0 saturated heterocycles. The molecule has 1 aromatic carbocycles. The zero-order valence-corrected chi connectivity index (χ0v) is 8.50. The maximum atomic E-state index is 3.75. The van der Waals surface area contributed by atoms with E-state index in [1.165, 1.54) is 24.0 Å². The van der Waals surface area contributed by atoms with E-state index in [4.69, 9.17) is 0 Å². The van der Waals surface area contributed by atoms with Crippen LogP contribution < -0.4 is 5.32 Å². The van der Waals surface area contributed by atoms with E-state index in [0.717, 1.165) is 13.0 Å². The summed E-state index contributed by atoms with van der Waals surface area (Å²) < 4.78 is 0. The van der Waals surface area contributed by atoms with Gasteiger partial charge in [-0.15, -0.1) is 6.58 Å². The van der Waals surface area contributed by atoms with Gasteiger partial charge >= 0.3 is 0 Å². The molecule has 1 heteroatoms. The van der Waals surface area contributed by atoms with E-state index in [0.29, 0.717) is 6.04 Å². The molecule has 1 aliphatic rings. The minimum Gasteiger partial charge on any atom is -0.306 e. The third kappa shape index (κ3) is 1.88. The Morgan fingerprint density at radius 2 is 2.29 bits per heavy atom. The summed E-state index contributed by atoms with van der Waals surface area (Å²) in [7, 11) is 0. The lowest BCUT2D eigenvalue weighted by atomic mass is 10.0. The Labute approximate surface area is 85.8 Å². The summed E-state index contributed by atoms with van der Waals surface area (Å²) in [6.07, 6.45) is 5.58.